The summed E-state index contributed by atoms with van der Waals surface area (Å²) in [4.78, 5) is 0. The van der Waals surface area contributed by atoms with Gasteiger partial charge in [0.25, 0.3) is 0 Å². The van der Waals surface area contributed by atoms with Crippen LogP contribution in [0.3, 0.4) is 0 Å². The molecule has 1 aliphatic rings. The summed E-state index contributed by atoms with van der Waals surface area (Å²) < 4.78 is 0. The fraction of sp³-hybridized carbons (Fsp3) is 0.167. The van der Waals surface area contributed by atoms with Crippen LogP contribution in [0.25, 0.3) is 43.4 Å². The summed E-state index contributed by atoms with van der Waals surface area (Å²) >= 11 is 0. The van der Waals surface area contributed by atoms with Gasteiger partial charge in [-0.3, -0.25) is 0 Å². The molecular formula is C36H33N. The van der Waals surface area contributed by atoms with E-state index in [-0.39, 0.29) is 5.41 Å². The highest BCUT2D eigenvalue weighted by Gasteiger charge is 2.39. The van der Waals surface area contributed by atoms with Gasteiger partial charge in [0.2, 0.25) is 0 Å². The number of hydrogen-bond acceptors (Lipinski definition) is 1. The fourth-order valence-electron chi connectivity index (χ4n) is 6.29. The Morgan fingerprint density at radius 3 is 2.00 bits per heavy atom. The molecule has 0 fully saturated rings. The molecule has 0 aliphatic heterocycles. The largest absolute Gasteiger partial charge is 0.381 e. The molecule has 0 amide bonds. The van der Waals surface area contributed by atoms with Crippen LogP contribution in [0.15, 0.2) is 115 Å². The van der Waals surface area contributed by atoms with Gasteiger partial charge >= 0.3 is 0 Å². The first-order valence-corrected chi connectivity index (χ1v) is 13.3. The van der Waals surface area contributed by atoms with E-state index in [9.17, 15) is 0 Å². The van der Waals surface area contributed by atoms with Crippen LogP contribution < -0.4 is 5.32 Å². The second-order valence-corrected chi connectivity index (χ2v) is 10.5. The Balaban J connectivity index is 1.58. The van der Waals surface area contributed by atoms with Crippen LogP contribution in [-0.2, 0) is 5.41 Å². The first kappa shape index (κ1) is 23.3. The van der Waals surface area contributed by atoms with Gasteiger partial charge in [0, 0.05) is 23.0 Å². The summed E-state index contributed by atoms with van der Waals surface area (Å²) in [6, 6.07) is 29.1. The van der Waals surface area contributed by atoms with E-state index < -0.39 is 0 Å². The molecule has 1 N–H and O–H groups in total. The normalized spacial score (nSPS) is 14.4. The van der Waals surface area contributed by atoms with Gasteiger partial charge in [-0.2, -0.15) is 0 Å². The molecule has 182 valence electrons. The minimum absolute atomic E-state index is 0.118. The zero-order chi connectivity index (χ0) is 25.6. The average Bonchev–Trinajstić information content (AvgIpc) is 3.17. The Bertz CT molecular complexity index is 1750. The molecule has 5 aromatic rings. The molecule has 1 nitrogen and oxygen atoms in total. The van der Waals surface area contributed by atoms with E-state index in [1.165, 1.54) is 65.8 Å². The zero-order valence-corrected chi connectivity index (χ0v) is 21.9. The summed E-state index contributed by atoms with van der Waals surface area (Å²) in [5, 5.41) is 11.7. The standard InChI is InChI=1S/C36H33N/c1-5-14-24(6-2)15-13-22-37-32-23-31-33(29-20-11-9-18-27(29)32)34-28-19-10-7-16-25(28)26-17-8-12-21-30(26)35(34)36(31,3)4/h5,7-21,23,37H,1,6,22H2,2-4H3/b15-13-,24-14-. The molecule has 0 atom stereocenters. The van der Waals surface area contributed by atoms with Gasteiger partial charge < -0.3 is 5.32 Å². The van der Waals surface area contributed by atoms with E-state index >= 15 is 0 Å². The SMILES string of the molecule is C=C/C=C(\C=C/CNc1cc2c(c3ccccc13)-c1c(c3ccccc3c3ccccc13)C2(C)C)CC. The predicted octanol–water partition coefficient (Wildman–Crippen LogP) is 9.94. The van der Waals surface area contributed by atoms with Crippen LogP contribution in [-0.4, -0.2) is 6.54 Å². The summed E-state index contributed by atoms with van der Waals surface area (Å²) in [7, 11) is 0. The van der Waals surface area contributed by atoms with Gasteiger partial charge in [-0.25, -0.2) is 0 Å². The first-order chi connectivity index (χ1) is 18.1. The Labute approximate surface area is 219 Å². The lowest BCUT2D eigenvalue weighted by Crippen LogP contribution is -2.16. The van der Waals surface area contributed by atoms with Gasteiger partial charge in [-0.15, -0.1) is 0 Å². The van der Waals surface area contributed by atoms with Crippen molar-refractivity contribution in [2.24, 2.45) is 0 Å². The topological polar surface area (TPSA) is 12.0 Å². The maximum absolute atomic E-state index is 3.83. The number of allylic oxidation sites excluding steroid dienone is 4. The third-order valence-electron chi connectivity index (χ3n) is 8.01. The molecule has 0 spiro atoms. The number of fused-ring (bicyclic) bond motifs is 10. The molecule has 0 heterocycles. The Kier molecular flexibility index (Phi) is 5.72. The Hall–Kier alpha value is -4.10. The molecule has 0 saturated carbocycles. The van der Waals surface area contributed by atoms with Gasteiger partial charge in [0.05, 0.1) is 0 Å². The van der Waals surface area contributed by atoms with Crippen molar-refractivity contribution >= 4 is 38.0 Å². The third-order valence-corrected chi connectivity index (χ3v) is 8.01. The molecular weight excluding hydrogens is 446 g/mol. The van der Waals surface area contributed by atoms with Crippen LogP contribution >= 0.6 is 0 Å². The Morgan fingerprint density at radius 1 is 0.784 bits per heavy atom. The van der Waals surface area contributed by atoms with E-state index in [0.717, 1.165) is 13.0 Å². The molecule has 0 unspecified atom stereocenters. The lowest BCUT2D eigenvalue weighted by Gasteiger charge is -2.24. The monoisotopic (exact) mass is 479 g/mol. The van der Waals surface area contributed by atoms with Crippen molar-refractivity contribution in [2.75, 3.05) is 11.9 Å². The number of nitrogens with one attached hydrogen (secondary N) is 1. The molecule has 0 aromatic heterocycles. The molecule has 0 radical (unpaired) electrons. The van der Waals surface area contributed by atoms with E-state index in [1.54, 1.807) is 0 Å². The van der Waals surface area contributed by atoms with Crippen molar-refractivity contribution in [3.05, 3.63) is 126 Å². The zero-order valence-electron chi connectivity index (χ0n) is 21.9. The maximum atomic E-state index is 3.83. The van der Waals surface area contributed by atoms with Gasteiger partial charge in [-0.1, -0.05) is 124 Å². The number of rotatable bonds is 6. The Morgan fingerprint density at radius 2 is 1.35 bits per heavy atom. The average molecular weight is 480 g/mol. The van der Waals surface area contributed by atoms with Crippen molar-refractivity contribution in [3.63, 3.8) is 0 Å². The van der Waals surface area contributed by atoms with Crippen molar-refractivity contribution in [1.29, 1.82) is 0 Å². The van der Waals surface area contributed by atoms with Gasteiger partial charge in [0.1, 0.15) is 0 Å². The lowest BCUT2D eigenvalue weighted by atomic mass is 9.79. The van der Waals surface area contributed by atoms with Crippen LogP contribution in [0.4, 0.5) is 5.69 Å². The molecule has 5 aromatic carbocycles. The van der Waals surface area contributed by atoms with Crippen molar-refractivity contribution in [2.45, 2.75) is 32.6 Å². The number of anilines is 1. The van der Waals surface area contributed by atoms with Crippen LogP contribution in [0.5, 0.6) is 0 Å². The van der Waals surface area contributed by atoms with E-state index in [1.807, 2.05) is 6.08 Å². The second kappa shape index (κ2) is 9.09. The minimum Gasteiger partial charge on any atom is -0.381 e. The molecule has 0 bridgehead atoms. The predicted molar refractivity (Wildman–Crippen MR) is 163 cm³/mol. The highest BCUT2D eigenvalue weighted by molar-refractivity contribution is 6.22. The van der Waals surface area contributed by atoms with Crippen LogP contribution in [0, 0.1) is 0 Å². The minimum atomic E-state index is -0.118. The van der Waals surface area contributed by atoms with Crippen molar-refractivity contribution < 1.29 is 0 Å². The van der Waals surface area contributed by atoms with Crippen molar-refractivity contribution in [1.82, 2.24) is 0 Å². The first-order valence-electron chi connectivity index (χ1n) is 13.3. The summed E-state index contributed by atoms with van der Waals surface area (Å²) in [5.41, 5.74) is 7.99. The van der Waals surface area contributed by atoms with E-state index in [4.69, 9.17) is 0 Å². The summed E-state index contributed by atoms with van der Waals surface area (Å²) in [6.07, 6.45) is 9.34. The molecule has 0 saturated heterocycles. The molecule has 1 aliphatic carbocycles. The lowest BCUT2D eigenvalue weighted by molar-refractivity contribution is 0.667. The quantitative estimate of drug-likeness (QED) is 0.189. The number of benzene rings is 5. The smallest absolute Gasteiger partial charge is 0.0425 e. The highest BCUT2D eigenvalue weighted by atomic mass is 14.9. The molecule has 37 heavy (non-hydrogen) atoms. The van der Waals surface area contributed by atoms with Crippen LogP contribution in [0.2, 0.25) is 0 Å². The second-order valence-electron chi connectivity index (χ2n) is 10.5. The highest BCUT2D eigenvalue weighted by Crippen LogP contribution is 2.57. The van der Waals surface area contributed by atoms with Crippen molar-refractivity contribution in [3.8, 4) is 11.1 Å². The fourth-order valence-corrected chi connectivity index (χ4v) is 6.29. The van der Waals surface area contributed by atoms with Crippen LogP contribution in [0.1, 0.15) is 38.3 Å². The van der Waals surface area contributed by atoms with E-state index in [2.05, 4.69) is 130 Å². The van der Waals surface area contributed by atoms with Gasteiger partial charge in [0.15, 0.2) is 0 Å². The third kappa shape index (κ3) is 3.61. The number of hydrogen-bond donors (Lipinski definition) is 1. The summed E-state index contributed by atoms with van der Waals surface area (Å²) in [5.74, 6) is 0. The maximum Gasteiger partial charge on any atom is 0.0425 e. The molecule has 6 rings (SSSR count). The van der Waals surface area contributed by atoms with E-state index in [0.29, 0.717) is 0 Å². The molecule has 1 heteroatoms. The summed E-state index contributed by atoms with van der Waals surface area (Å²) in [6.45, 7) is 11.6. The van der Waals surface area contributed by atoms with Gasteiger partial charge in [-0.05, 0) is 67.2 Å².